The summed E-state index contributed by atoms with van der Waals surface area (Å²) in [4.78, 5) is 12.0. The lowest BCUT2D eigenvalue weighted by atomic mass is 9.99. The lowest BCUT2D eigenvalue weighted by Crippen LogP contribution is -2.31. The van der Waals surface area contributed by atoms with E-state index in [1.54, 1.807) is 6.92 Å². The van der Waals surface area contributed by atoms with E-state index in [1.165, 1.54) is 0 Å². The average molecular weight is 236 g/mol. The zero-order chi connectivity index (χ0) is 12.7. The largest absolute Gasteiger partial charge is 0.294 e. The molecule has 2 aromatic carbocycles. The van der Waals surface area contributed by atoms with Crippen LogP contribution in [0.15, 0.2) is 48.5 Å². The first-order valence-corrected chi connectivity index (χ1v) is 6.00. The van der Waals surface area contributed by atoms with Gasteiger partial charge >= 0.3 is 0 Å². The third-order valence-electron chi connectivity index (χ3n) is 3.42. The fourth-order valence-electron chi connectivity index (χ4n) is 2.61. The van der Waals surface area contributed by atoms with Crippen molar-refractivity contribution in [3.8, 4) is 0 Å². The van der Waals surface area contributed by atoms with Crippen molar-refractivity contribution in [1.82, 2.24) is 0 Å². The maximum absolute atomic E-state index is 12.0. The highest BCUT2D eigenvalue weighted by molar-refractivity contribution is 6.14. The molecule has 0 spiro atoms. The van der Waals surface area contributed by atoms with Gasteiger partial charge in [-0.3, -0.25) is 4.79 Å². The Labute approximate surface area is 105 Å². The first kappa shape index (κ1) is 10.9. The lowest BCUT2D eigenvalue weighted by Gasteiger charge is -2.07. The molecule has 0 N–H and O–H groups in total. The van der Waals surface area contributed by atoms with Crippen molar-refractivity contribution in [3.63, 3.8) is 0 Å². The minimum atomic E-state index is 0.114. The van der Waals surface area contributed by atoms with E-state index in [0.29, 0.717) is 0 Å². The van der Waals surface area contributed by atoms with Gasteiger partial charge in [-0.25, -0.2) is 0 Å². The van der Waals surface area contributed by atoms with E-state index >= 15 is 0 Å². The molecule has 0 bridgehead atoms. The Morgan fingerprint density at radius 1 is 0.889 bits per heavy atom. The number of pyridine rings is 1. The van der Waals surface area contributed by atoms with Gasteiger partial charge in [0.05, 0.1) is 10.8 Å². The van der Waals surface area contributed by atoms with Crippen LogP contribution < -0.4 is 4.57 Å². The molecule has 0 amide bonds. The Kier molecular flexibility index (Phi) is 2.37. The summed E-state index contributed by atoms with van der Waals surface area (Å²) in [6.07, 6.45) is 0. The molecule has 2 heteroatoms. The van der Waals surface area contributed by atoms with Gasteiger partial charge in [0.25, 0.3) is 0 Å². The predicted molar refractivity (Wildman–Crippen MR) is 72.6 cm³/mol. The third-order valence-corrected chi connectivity index (χ3v) is 3.42. The van der Waals surface area contributed by atoms with Gasteiger partial charge in [0, 0.05) is 17.7 Å². The second kappa shape index (κ2) is 3.91. The summed E-state index contributed by atoms with van der Waals surface area (Å²) in [5, 5.41) is 2.04. The molecule has 0 unspecified atom stereocenters. The fraction of sp³-hybridized carbons (Fsp3) is 0.125. The molecule has 0 radical (unpaired) electrons. The highest BCUT2D eigenvalue weighted by Gasteiger charge is 2.19. The van der Waals surface area contributed by atoms with Gasteiger partial charge in [-0.05, 0) is 19.1 Å². The third kappa shape index (κ3) is 1.42. The van der Waals surface area contributed by atoms with Crippen molar-refractivity contribution in [2.45, 2.75) is 6.92 Å². The minimum absolute atomic E-state index is 0.114. The standard InChI is InChI=1S/C16H14NO/c1-11(18)16-12-7-3-5-9-14(12)17(2)15-10-6-4-8-13(15)16/h3-10H,1-2H3/q+1. The number of benzene rings is 2. The van der Waals surface area contributed by atoms with Gasteiger partial charge in [-0.2, -0.15) is 4.57 Å². The summed E-state index contributed by atoms with van der Waals surface area (Å²) in [5.74, 6) is 0.114. The van der Waals surface area contributed by atoms with Crippen LogP contribution >= 0.6 is 0 Å². The van der Waals surface area contributed by atoms with Crippen LogP contribution in [0.4, 0.5) is 0 Å². The van der Waals surface area contributed by atoms with Crippen LogP contribution in [0.3, 0.4) is 0 Å². The number of fused-ring (bicyclic) bond motifs is 2. The molecule has 1 heterocycles. The topological polar surface area (TPSA) is 20.9 Å². The Balaban J connectivity index is 2.67. The van der Waals surface area contributed by atoms with Gasteiger partial charge in [0.2, 0.25) is 11.0 Å². The second-order valence-electron chi connectivity index (χ2n) is 4.52. The smallest absolute Gasteiger partial charge is 0.213 e. The van der Waals surface area contributed by atoms with E-state index in [0.717, 1.165) is 27.4 Å². The Morgan fingerprint density at radius 2 is 1.33 bits per heavy atom. The summed E-state index contributed by atoms with van der Waals surface area (Å²) in [6, 6.07) is 16.1. The van der Waals surface area contributed by atoms with Crippen LogP contribution in [0.25, 0.3) is 21.8 Å². The molecular formula is C16H14NO+. The van der Waals surface area contributed by atoms with E-state index in [2.05, 4.69) is 4.57 Å². The quantitative estimate of drug-likeness (QED) is 0.361. The first-order valence-electron chi connectivity index (χ1n) is 6.00. The van der Waals surface area contributed by atoms with Crippen molar-refractivity contribution in [2.75, 3.05) is 0 Å². The number of nitrogens with zero attached hydrogens (tertiary/aromatic N) is 1. The lowest BCUT2D eigenvalue weighted by molar-refractivity contribution is -0.617. The number of aromatic nitrogens is 1. The average Bonchev–Trinajstić information content (AvgIpc) is 2.39. The van der Waals surface area contributed by atoms with E-state index in [9.17, 15) is 4.79 Å². The first-order chi connectivity index (χ1) is 8.70. The van der Waals surface area contributed by atoms with Crippen molar-refractivity contribution in [2.24, 2.45) is 7.05 Å². The molecule has 0 aliphatic carbocycles. The number of Topliss-reactive ketones (excluding diaryl/α,β-unsaturated/α-hetero) is 1. The predicted octanol–water partition coefficient (Wildman–Crippen LogP) is 3.02. The summed E-state index contributed by atoms with van der Waals surface area (Å²) in [6.45, 7) is 1.63. The SMILES string of the molecule is CC(=O)c1c2ccccc2[n+](C)c2ccccc12. The number of rotatable bonds is 1. The van der Waals surface area contributed by atoms with Crippen LogP contribution in [-0.4, -0.2) is 5.78 Å². The van der Waals surface area contributed by atoms with Crippen molar-refractivity contribution >= 4 is 27.6 Å². The van der Waals surface area contributed by atoms with Crippen LogP contribution in [0, 0.1) is 0 Å². The van der Waals surface area contributed by atoms with Gasteiger partial charge in [0.15, 0.2) is 5.78 Å². The van der Waals surface area contributed by atoms with E-state index in [1.807, 2.05) is 55.6 Å². The van der Waals surface area contributed by atoms with Crippen LogP contribution in [0.5, 0.6) is 0 Å². The van der Waals surface area contributed by atoms with Crippen molar-refractivity contribution in [1.29, 1.82) is 0 Å². The number of carbonyl (C=O) groups is 1. The monoisotopic (exact) mass is 236 g/mol. The maximum Gasteiger partial charge on any atom is 0.213 e. The number of aryl methyl sites for hydroxylation is 1. The van der Waals surface area contributed by atoms with Crippen molar-refractivity contribution in [3.05, 3.63) is 54.1 Å². The molecule has 0 aliphatic heterocycles. The molecule has 18 heavy (non-hydrogen) atoms. The Bertz CT molecular complexity index is 717. The van der Waals surface area contributed by atoms with E-state index in [-0.39, 0.29) is 5.78 Å². The van der Waals surface area contributed by atoms with Crippen LogP contribution in [0.2, 0.25) is 0 Å². The Morgan fingerprint density at radius 3 is 1.78 bits per heavy atom. The van der Waals surface area contributed by atoms with Crippen molar-refractivity contribution < 1.29 is 9.36 Å². The van der Waals surface area contributed by atoms with Gasteiger partial charge in [0.1, 0.15) is 7.05 Å². The summed E-state index contributed by atoms with van der Waals surface area (Å²) >= 11 is 0. The van der Waals surface area contributed by atoms with Gasteiger partial charge in [-0.1, -0.05) is 24.3 Å². The van der Waals surface area contributed by atoms with E-state index < -0.39 is 0 Å². The summed E-state index contributed by atoms with van der Waals surface area (Å²) in [7, 11) is 2.04. The van der Waals surface area contributed by atoms with Crippen LogP contribution in [0.1, 0.15) is 17.3 Å². The molecule has 0 saturated carbocycles. The zero-order valence-corrected chi connectivity index (χ0v) is 10.5. The molecular weight excluding hydrogens is 222 g/mol. The van der Waals surface area contributed by atoms with Gasteiger partial charge < -0.3 is 0 Å². The molecule has 0 atom stereocenters. The molecule has 0 fully saturated rings. The highest BCUT2D eigenvalue weighted by atomic mass is 16.1. The number of carbonyl (C=O) groups excluding carboxylic acids is 1. The second-order valence-corrected chi connectivity index (χ2v) is 4.52. The normalized spacial score (nSPS) is 11.0. The Hall–Kier alpha value is -2.22. The van der Waals surface area contributed by atoms with Crippen LogP contribution in [-0.2, 0) is 7.05 Å². The zero-order valence-electron chi connectivity index (χ0n) is 10.5. The highest BCUT2D eigenvalue weighted by Crippen LogP contribution is 2.24. The molecule has 1 aromatic heterocycles. The number of hydrogen-bond acceptors (Lipinski definition) is 1. The van der Waals surface area contributed by atoms with E-state index in [4.69, 9.17) is 0 Å². The van der Waals surface area contributed by atoms with Gasteiger partial charge in [-0.15, -0.1) is 0 Å². The molecule has 3 aromatic rings. The number of hydrogen-bond donors (Lipinski definition) is 0. The minimum Gasteiger partial charge on any atom is -0.294 e. The maximum atomic E-state index is 12.0. The summed E-state index contributed by atoms with van der Waals surface area (Å²) < 4.78 is 2.14. The molecule has 0 aliphatic rings. The fourth-order valence-corrected chi connectivity index (χ4v) is 2.61. The molecule has 88 valence electrons. The summed E-state index contributed by atoms with van der Waals surface area (Å²) in [5.41, 5.74) is 2.99. The number of ketones is 1. The molecule has 3 rings (SSSR count). The molecule has 0 saturated heterocycles. The number of para-hydroxylation sites is 2. The molecule has 2 nitrogen and oxygen atoms in total.